The van der Waals surface area contributed by atoms with E-state index in [2.05, 4.69) is 17.1 Å². The van der Waals surface area contributed by atoms with Crippen LogP contribution in [-0.4, -0.2) is 5.97 Å². The van der Waals surface area contributed by atoms with Crippen LogP contribution in [0.2, 0.25) is 0 Å². The summed E-state index contributed by atoms with van der Waals surface area (Å²) in [5.74, 6) is -0.308. The van der Waals surface area contributed by atoms with Crippen LogP contribution in [0.5, 0.6) is 5.75 Å². The molecule has 0 atom stereocenters. The van der Waals surface area contributed by atoms with E-state index in [4.69, 9.17) is 10.5 Å². The number of rotatable bonds is 5. The maximum absolute atomic E-state index is 10.8. The van der Waals surface area contributed by atoms with Gasteiger partial charge in [0, 0.05) is 5.56 Å². The Labute approximate surface area is 196 Å². The molecule has 0 radical (unpaired) electrons. The fraction of sp³-hybridized carbons (Fsp3) is 0.111. The molecule has 0 spiro atoms. The Kier molecular flexibility index (Phi) is 5.86. The molecular formula is C27H20N4O3. The molecule has 2 aromatic carbocycles. The molecule has 7 heteroatoms. The van der Waals surface area contributed by atoms with Gasteiger partial charge in [0.1, 0.15) is 35.6 Å². The molecule has 1 heterocycles. The van der Waals surface area contributed by atoms with Gasteiger partial charge in [-0.2, -0.15) is 10.5 Å². The lowest BCUT2D eigenvalue weighted by atomic mass is 9.95. The number of anilines is 1. The van der Waals surface area contributed by atoms with E-state index in [9.17, 15) is 20.4 Å². The molecule has 1 aromatic heterocycles. The predicted molar refractivity (Wildman–Crippen MR) is 124 cm³/mol. The first-order valence-corrected chi connectivity index (χ1v) is 10.5. The maximum Gasteiger partial charge on any atom is 0.289 e. The number of nitrogens with zero attached hydrogens (tertiary/aromatic N) is 2. The zero-order valence-electron chi connectivity index (χ0n) is 18.6. The Balaban J connectivity index is 1.59. The van der Waals surface area contributed by atoms with Crippen LogP contribution in [0.1, 0.15) is 50.8 Å². The van der Waals surface area contributed by atoms with Gasteiger partial charge >= 0.3 is 0 Å². The number of hydrogen-bond donors (Lipinski definition) is 1. The van der Waals surface area contributed by atoms with E-state index >= 15 is 0 Å². The number of carboxylic acid groups (broad SMARTS) is 1. The van der Waals surface area contributed by atoms with Crippen molar-refractivity contribution in [1.82, 2.24) is 0 Å². The number of carbonyl (C=O) groups is 1. The monoisotopic (exact) mass is 448 g/mol. The standard InChI is InChI=1S/C27H20N4O3/c1-15-21(24-16(2)23(13-29)26(30)31-25(24)22(15)12-28)11-17-5-9-20(10-6-17)34-14-18-3-7-19(8-4-18)27(32)33/h3-11H,14H2,1-2H3,(H2,30,31)(H,32,33)/b21-11+. The second-order valence-corrected chi connectivity index (χ2v) is 7.91. The van der Waals surface area contributed by atoms with Crippen molar-refractivity contribution in [2.24, 2.45) is 0 Å². The highest BCUT2D eigenvalue weighted by molar-refractivity contribution is 6.07. The van der Waals surface area contributed by atoms with Crippen LogP contribution in [0.15, 0.2) is 54.1 Å². The first-order valence-electron chi connectivity index (χ1n) is 10.5. The minimum Gasteiger partial charge on any atom is -0.545 e. The van der Waals surface area contributed by atoms with Crippen molar-refractivity contribution in [3.8, 4) is 17.9 Å². The zero-order valence-corrected chi connectivity index (χ0v) is 18.6. The lowest BCUT2D eigenvalue weighted by molar-refractivity contribution is -0.364. The van der Waals surface area contributed by atoms with Gasteiger partial charge in [0.2, 0.25) is 0 Å². The predicted octanol–water partition coefficient (Wildman–Crippen LogP) is 3.06. The minimum absolute atomic E-state index is 0.121. The van der Waals surface area contributed by atoms with Crippen molar-refractivity contribution < 1.29 is 19.6 Å². The molecule has 4 rings (SSSR count). The lowest BCUT2D eigenvalue weighted by Gasteiger charge is -2.10. The number of allylic oxidation sites excluding steroid dienone is 3. The van der Waals surface area contributed by atoms with Crippen LogP contribution in [0.3, 0.4) is 0 Å². The second kappa shape index (κ2) is 8.93. The van der Waals surface area contributed by atoms with Gasteiger partial charge in [-0.3, -0.25) is 5.73 Å². The van der Waals surface area contributed by atoms with Crippen LogP contribution >= 0.6 is 0 Å². The number of aromatic nitrogens is 1. The molecule has 34 heavy (non-hydrogen) atoms. The van der Waals surface area contributed by atoms with Gasteiger partial charge in [0.05, 0.1) is 5.97 Å². The summed E-state index contributed by atoms with van der Waals surface area (Å²) in [5, 5.41) is 30.1. The fourth-order valence-corrected chi connectivity index (χ4v) is 4.00. The summed E-state index contributed by atoms with van der Waals surface area (Å²) in [6, 6.07) is 18.2. The molecular weight excluding hydrogens is 428 g/mol. The normalized spacial score (nSPS) is 13.4. The Hall–Kier alpha value is -4.88. The number of fused-ring (bicyclic) bond motifs is 1. The summed E-state index contributed by atoms with van der Waals surface area (Å²) in [6.07, 6.45) is 1.97. The van der Waals surface area contributed by atoms with Gasteiger partial charge in [-0.05, 0) is 65.5 Å². The summed E-state index contributed by atoms with van der Waals surface area (Å²) in [6.45, 7) is 4.00. The molecule has 0 saturated carbocycles. The van der Waals surface area contributed by atoms with E-state index in [1.807, 2.05) is 44.2 Å². The van der Waals surface area contributed by atoms with E-state index in [1.54, 1.807) is 12.1 Å². The number of carbonyl (C=O) groups excluding carboxylic acids is 1. The van der Waals surface area contributed by atoms with Crippen molar-refractivity contribution in [2.45, 2.75) is 20.5 Å². The smallest absolute Gasteiger partial charge is 0.289 e. The topological polar surface area (TPSA) is 137 Å². The summed E-state index contributed by atoms with van der Waals surface area (Å²) in [4.78, 5) is 13.9. The quantitative estimate of drug-likeness (QED) is 0.637. The number of aromatic amines is 1. The molecule has 3 N–H and O–H groups in total. The van der Waals surface area contributed by atoms with Crippen LogP contribution < -0.4 is 20.6 Å². The second-order valence-electron chi connectivity index (χ2n) is 7.91. The number of ether oxygens (including phenoxy) is 1. The highest BCUT2D eigenvalue weighted by Gasteiger charge is 2.32. The lowest BCUT2D eigenvalue weighted by Crippen LogP contribution is -2.22. The minimum atomic E-state index is -1.21. The van der Waals surface area contributed by atoms with Crippen molar-refractivity contribution in [1.29, 1.82) is 10.5 Å². The van der Waals surface area contributed by atoms with E-state index in [-0.39, 0.29) is 11.4 Å². The molecule has 0 bridgehead atoms. The number of pyridine rings is 1. The SMILES string of the molecule is CC1=C(C#N)c2[nH+]c(N)c(C#N)c(C)c2/C1=C/c1ccc(OCc2ccc(C(=O)[O-])cc2)cc1. The number of aromatic carboxylic acids is 1. The maximum atomic E-state index is 10.8. The van der Waals surface area contributed by atoms with Crippen molar-refractivity contribution in [2.75, 3.05) is 5.73 Å². The molecule has 166 valence electrons. The van der Waals surface area contributed by atoms with Gasteiger partial charge < -0.3 is 14.6 Å². The average Bonchev–Trinajstić information content (AvgIpc) is 3.09. The summed E-state index contributed by atoms with van der Waals surface area (Å²) in [7, 11) is 0. The Morgan fingerprint density at radius 2 is 1.76 bits per heavy atom. The molecule has 7 nitrogen and oxygen atoms in total. The molecule has 3 aromatic rings. The van der Waals surface area contributed by atoms with E-state index < -0.39 is 5.97 Å². The number of nitrogens with two attached hydrogens (primary N) is 1. The number of benzene rings is 2. The summed E-state index contributed by atoms with van der Waals surface area (Å²) >= 11 is 0. The Bertz CT molecular complexity index is 1450. The Morgan fingerprint density at radius 1 is 1.09 bits per heavy atom. The number of nitriles is 2. The van der Waals surface area contributed by atoms with Crippen LogP contribution in [0.25, 0.3) is 17.2 Å². The Morgan fingerprint density at radius 3 is 2.35 bits per heavy atom. The van der Waals surface area contributed by atoms with E-state index in [0.29, 0.717) is 29.2 Å². The highest BCUT2D eigenvalue weighted by atomic mass is 16.5. The van der Waals surface area contributed by atoms with Crippen molar-refractivity contribution in [3.63, 3.8) is 0 Å². The molecule has 1 aliphatic rings. The van der Waals surface area contributed by atoms with Gasteiger partial charge in [0.25, 0.3) is 5.82 Å². The van der Waals surface area contributed by atoms with Crippen LogP contribution in [0, 0.1) is 29.6 Å². The third kappa shape index (κ3) is 3.99. The van der Waals surface area contributed by atoms with Gasteiger partial charge in [-0.1, -0.05) is 36.4 Å². The number of nitrogens with one attached hydrogen (secondary N) is 1. The number of carboxylic acids is 1. The number of hydrogen-bond acceptors (Lipinski definition) is 6. The molecule has 0 aliphatic heterocycles. The van der Waals surface area contributed by atoms with Gasteiger partial charge in [-0.15, -0.1) is 0 Å². The van der Waals surface area contributed by atoms with Crippen molar-refractivity contribution in [3.05, 3.63) is 93.2 Å². The molecule has 0 unspecified atom stereocenters. The van der Waals surface area contributed by atoms with Crippen molar-refractivity contribution >= 4 is 29.0 Å². The van der Waals surface area contributed by atoms with Crippen LogP contribution in [-0.2, 0) is 6.61 Å². The highest BCUT2D eigenvalue weighted by Crippen LogP contribution is 2.42. The first kappa shape index (κ1) is 22.3. The largest absolute Gasteiger partial charge is 0.545 e. The fourth-order valence-electron chi connectivity index (χ4n) is 4.00. The number of H-pyrrole nitrogens is 1. The number of nitrogen functional groups attached to an aromatic ring is 1. The molecule has 0 fully saturated rings. The van der Waals surface area contributed by atoms with Gasteiger partial charge in [0.15, 0.2) is 5.69 Å². The summed E-state index contributed by atoms with van der Waals surface area (Å²) < 4.78 is 5.80. The van der Waals surface area contributed by atoms with Crippen LogP contribution in [0.4, 0.5) is 5.82 Å². The first-order chi connectivity index (χ1) is 16.3. The zero-order chi connectivity index (χ0) is 24.4. The third-order valence-corrected chi connectivity index (χ3v) is 5.84. The van der Waals surface area contributed by atoms with E-state index in [0.717, 1.165) is 33.4 Å². The van der Waals surface area contributed by atoms with E-state index in [1.165, 1.54) is 12.1 Å². The van der Waals surface area contributed by atoms with Gasteiger partial charge in [-0.25, -0.2) is 4.98 Å². The molecule has 1 aliphatic carbocycles. The molecule has 0 saturated heterocycles. The summed E-state index contributed by atoms with van der Waals surface area (Å²) in [5.41, 5.74) is 12.6. The average molecular weight is 448 g/mol. The molecule has 0 amide bonds. The third-order valence-electron chi connectivity index (χ3n) is 5.84.